The fourth-order valence-corrected chi connectivity index (χ4v) is 1.82. The first-order valence-corrected chi connectivity index (χ1v) is 6.59. The van der Waals surface area contributed by atoms with Crippen LogP contribution in [0.2, 0.25) is 0 Å². The second-order valence-corrected chi connectivity index (χ2v) is 4.42. The molecular formula is C15H17N5O. The van der Waals surface area contributed by atoms with E-state index in [4.69, 9.17) is 15.7 Å². The van der Waals surface area contributed by atoms with Gasteiger partial charge in [0.05, 0.1) is 11.6 Å². The van der Waals surface area contributed by atoms with Crippen LogP contribution in [0.3, 0.4) is 0 Å². The normalized spacial score (nSPS) is 10.1. The highest BCUT2D eigenvalue weighted by molar-refractivity contribution is 5.62. The predicted octanol–water partition coefficient (Wildman–Crippen LogP) is 2.23. The van der Waals surface area contributed by atoms with Crippen LogP contribution in [0, 0.1) is 11.3 Å². The molecule has 0 aliphatic rings. The Morgan fingerprint density at radius 3 is 2.62 bits per heavy atom. The molecule has 108 valence electrons. The lowest BCUT2D eigenvalue weighted by Crippen LogP contribution is -2.14. The summed E-state index contributed by atoms with van der Waals surface area (Å²) in [5.41, 5.74) is 7.34. The van der Waals surface area contributed by atoms with Crippen LogP contribution >= 0.6 is 0 Å². The Kier molecular flexibility index (Phi) is 4.69. The Bertz CT molecular complexity index is 648. The maximum absolute atomic E-state index is 8.82. The van der Waals surface area contributed by atoms with E-state index in [0.717, 1.165) is 5.69 Å². The van der Waals surface area contributed by atoms with E-state index in [9.17, 15) is 0 Å². The molecule has 0 aliphatic carbocycles. The number of nitriles is 1. The summed E-state index contributed by atoms with van der Waals surface area (Å²) in [5, 5.41) is 8.82. The molecule has 0 unspecified atom stereocenters. The van der Waals surface area contributed by atoms with Crippen molar-refractivity contribution < 1.29 is 4.74 Å². The van der Waals surface area contributed by atoms with E-state index in [0.29, 0.717) is 36.2 Å². The summed E-state index contributed by atoms with van der Waals surface area (Å²) in [5.74, 6) is 1.63. The Morgan fingerprint density at radius 2 is 2.00 bits per heavy atom. The summed E-state index contributed by atoms with van der Waals surface area (Å²) >= 11 is 0. The fourth-order valence-electron chi connectivity index (χ4n) is 1.82. The molecule has 2 rings (SSSR count). The Hall–Kier alpha value is -2.65. The molecule has 0 saturated carbocycles. The van der Waals surface area contributed by atoms with Crippen molar-refractivity contribution >= 4 is 17.3 Å². The van der Waals surface area contributed by atoms with Crippen molar-refractivity contribution in [3.63, 3.8) is 0 Å². The Morgan fingerprint density at radius 1 is 1.29 bits per heavy atom. The fraction of sp³-hybridized carbons (Fsp3) is 0.267. The van der Waals surface area contributed by atoms with Gasteiger partial charge in [-0.1, -0.05) is 0 Å². The van der Waals surface area contributed by atoms with Crippen molar-refractivity contribution in [1.82, 2.24) is 9.97 Å². The van der Waals surface area contributed by atoms with E-state index in [2.05, 4.69) is 16.0 Å². The van der Waals surface area contributed by atoms with Gasteiger partial charge in [0, 0.05) is 25.4 Å². The zero-order chi connectivity index (χ0) is 15.2. The molecule has 0 fully saturated rings. The molecule has 1 aromatic carbocycles. The average Bonchev–Trinajstić information content (AvgIpc) is 2.51. The third-order valence-electron chi connectivity index (χ3n) is 2.94. The van der Waals surface area contributed by atoms with Crippen LogP contribution in [-0.4, -0.2) is 23.6 Å². The number of nitrogen functional groups attached to an aromatic ring is 1. The molecule has 6 heteroatoms. The van der Waals surface area contributed by atoms with Crippen molar-refractivity contribution in [3.8, 4) is 6.07 Å². The van der Waals surface area contributed by atoms with Gasteiger partial charge in [0.25, 0.3) is 0 Å². The number of hydrogen-bond acceptors (Lipinski definition) is 6. The summed E-state index contributed by atoms with van der Waals surface area (Å²) < 4.78 is 5.31. The van der Waals surface area contributed by atoms with Crippen LogP contribution in [0.5, 0.6) is 0 Å². The standard InChI is InChI=1S/C15H17N5O/c1-3-21-10-14-18-13(17)8-15(19-14)20(2)12-6-4-11(9-16)5-7-12/h4-8H,3,10H2,1-2H3,(H2,17,18,19). The molecule has 0 spiro atoms. The van der Waals surface area contributed by atoms with Crippen LogP contribution in [0.1, 0.15) is 18.3 Å². The summed E-state index contributed by atoms with van der Waals surface area (Å²) in [7, 11) is 1.88. The van der Waals surface area contributed by atoms with Gasteiger partial charge < -0.3 is 15.4 Å². The lowest BCUT2D eigenvalue weighted by Gasteiger charge is -2.19. The molecule has 1 aromatic heterocycles. The van der Waals surface area contributed by atoms with Crippen LogP contribution in [0.4, 0.5) is 17.3 Å². The highest BCUT2D eigenvalue weighted by Gasteiger charge is 2.09. The number of aromatic nitrogens is 2. The van der Waals surface area contributed by atoms with E-state index < -0.39 is 0 Å². The van der Waals surface area contributed by atoms with Crippen LogP contribution in [0.25, 0.3) is 0 Å². The van der Waals surface area contributed by atoms with Gasteiger partial charge in [0.15, 0.2) is 5.82 Å². The Labute approximate surface area is 123 Å². The molecule has 6 nitrogen and oxygen atoms in total. The smallest absolute Gasteiger partial charge is 0.158 e. The first-order valence-electron chi connectivity index (χ1n) is 6.59. The summed E-state index contributed by atoms with van der Waals surface area (Å²) in [6, 6.07) is 11.0. The van der Waals surface area contributed by atoms with Gasteiger partial charge >= 0.3 is 0 Å². The third kappa shape index (κ3) is 3.68. The monoisotopic (exact) mass is 283 g/mol. The molecule has 2 aromatic rings. The number of nitrogens with zero attached hydrogens (tertiary/aromatic N) is 4. The zero-order valence-electron chi connectivity index (χ0n) is 12.1. The molecule has 0 saturated heterocycles. The van der Waals surface area contributed by atoms with Gasteiger partial charge in [-0.15, -0.1) is 0 Å². The summed E-state index contributed by atoms with van der Waals surface area (Å²) in [6.07, 6.45) is 0. The quantitative estimate of drug-likeness (QED) is 0.905. The van der Waals surface area contributed by atoms with Crippen molar-refractivity contribution in [3.05, 3.63) is 41.7 Å². The van der Waals surface area contributed by atoms with E-state index in [1.54, 1.807) is 18.2 Å². The minimum Gasteiger partial charge on any atom is -0.384 e. The molecule has 0 aliphatic heterocycles. The number of nitrogens with two attached hydrogens (primary N) is 1. The van der Waals surface area contributed by atoms with Gasteiger partial charge in [-0.2, -0.15) is 5.26 Å². The molecule has 0 amide bonds. The number of anilines is 3. The van der Waals surface area contributed by atoms with E-state index in [-0.39, 0.29) is 0 Å². The Balaban J connectivity index is 2.26. The van der Waals surface area contributed by atoms with Crippen LogP contribution in [-0.2, 0) is 11.3 Å². The van der Waals surface area contributed by atoms with Gasteiger partial charge in [-0.25, -0.2) is 9.97 Å². The van der Waals surface area contributed by atoms with Crippen LogP contribution in [0.15, 0.2) is 30.3 Å². The second-order valence-electron chi connectivity index (χ2n) is 4.42. The number of ether oxygens (including phenoxy) is 1. The number of hydrogen-bond donors (Lipinski definition) is 1. The molecular weight excluding hydrogens is 266 g/mol. The third-order valence-corrected chi connectivity index (χ3v) is 2.94. The maximum Gasteiger partial charge on any atom is 0.158 e. The molecule has 21 heavy (non-hydrogen) atoms. The second kappa shape index (κ2) is 6.68. The topological polar surface area (TPSA) is 88.1 Å². The first-order chi connectivity index (χ1) is 10.1. The van der Waals surface area contributed by atoms with Gasteiger partial charge in [0.2, 0.25) is 0 Å². The van der Waals surface area contributed by atoms with E-state index >= 15 is 0 Å². The first kappa shape index (κ1) is 14.8. The highest BCUT2D eigenvalue weighted by Crippen LogP contribution is 2.23. The molecule has 2 N–H and O–H groups in total. The zero-order valence-corrected chi connectivity index (χ0v) is 12.1. The summed E-state index contributed by atoms with van der Waals surface area (Å²) in [6.45, 7) is 2.84. The van der Waals surface area contributed by atoms with Gasteiger partial charge in [0.1, 0.15) is 18.2 Å². The average molecular weight is 283 g/mol. The molecule has 0 radical (unpaired) electrons. The van der Waals surface area contributed by atoms with Gasteiger partial charge in [-0.05, 0) is 31.2 Å². The lowest BCUT2D eigenvalue weighted by atomic mass is 10.2. The number of benzene rings is 1. The summed E-state index contributed by atoms with van der Waals surface area (Å²) in [4.78, 5) is 10.5. The molecule has 1 heterocycles. The minimum atomic E-state index is 0.329. The minimum absolute atomic E-state index is 0.329. The predicted molar refractivity (Wildman–Crippen MR) is 81.0 cm³/mol. The van der Waals surface area contributed by atoms with Crippen molar-refractivity contribution in [2.24, 2.45) is 0 Å². The van der Waals surface area contributed by atoms with Gasteiger partial charge in [-0.3, -0.25) is 0 Å². The highest BCUT2D eigenvalue weighted by atomic mass is 16.5. The lowest BCUT2D eigenvalue weighted by molar-refractivity contribution is 0.128. The number of rotatable bonds is 5. The van der Waals surface area contributed by atoms with Crippen LogP contribution < -0.4 is 10.6 Å². The van der Waals surface area contributed by atoms with Crippen molar-refractivity contribution in [1.29, 1.82) is 5.26 Å². The van der Waals surface area contributed by atoms with Crippen molar-refractivity contribution in [2.75, 3.05) is 24.3 Å². The van der Waals surface area contributed by atoms with Crippen molar-refractivity contribution in [2.45, 2.75) is 13.5 Å². The SMILES string of the molecule is CCOCc1nc(N)cc(N(C)c2ccc(C#N)cc2)n1. The molecule has 0 atom stereocenters. The van der Waals surface area contributed by atoms with E-state index in [1.165, 1.54) is 0 Å². The molecule has 0 bridgehead atoms. The largest absolute Gasteiger partial charge is 0.384 e. The van der Waals surface area contributed by atoms with E-state index in [1.807, 2.05) is 31.0 Å². The maximum atomic E-state index is 8.82.